The number of benzene rings is 2. The Kier molecular flexibility index (Phi) is 3.71. The Morgan fingerprint density at radius 2 is 1.64 bits per heavy atom. The summed E-state index contributed by atoms with van der Waals surface area (Å²) < 4.78 is 1.92. The number of nitrogens with zero attached hydrogens (tertiary/aromatic N) is 1. The van der Waals surface area contributed by atoms with Gasteiger partial charge >= 0.3 is 0 Å². The van der Waals surface area contributed by atoms with E-state index in [1.54, 1.807) is 36.5 Å². The lowest BCUT2D eigenvalue weighted by molar-refractivity contribution is 0.0818. The molecule has 3 rings (SSSR count). The van der Waals surface area contributed by atoms with Crippen LogP contribution in [0.5, 0.6) is 0 Å². The summed E-state index contributed by atoms with van der Waals surface area (Å²) >= 11 is 0. The average Bonchev–Trinajstić information content (AvgIpc) is 2.94. The second-order valence-corrected chi connectivity index (χ2v) is 5.03. The standard InChI is InChI=1S/C19H15NO2/c1-2-12-20-13-16(15-10-6-7-11-17(15)20)19(22)18(21)14-8-4-3-5-9-14/h2-11,13H,1,12H2. The van der Waals surface area contributed by atoms with Crippen molar-refractivity contribution in [2.24, 2.45) is 0 Å². The summed E-state index contributed by atoms with van der Waals surface area (Å²) in [7, 11) is 0. The number of Topliss-reactive ketones (excluding diaryl/α,β-unsaturated/α-hetero) is 2. The Hall–Kier alpha value is -2.94. The number of para-hydroxylation sites is 1. The number of hydrogen-bond acceptors (Lipinski definition) is 2. The molecule has 108 valence electrons. The van der Waals surface area contributed by atoms with Crippen LogP contribution >= 0.6 is 0 Å². The van der Waals surface area contributed by atoms with E-state index in [2.05, 4.69) is 6.58 Å². The highest BCUT2D eigenvalue weighted by Crippen LogP contribution is 2.23. The lowest BCUT2D eigenvalue weighted by atomic mass is 10.0. The SMILES string of the molecule is C=CCn1cc(C(=O)C(=O)c2ccccc2)c2ccccc21. The van der Waals surface area contributed by atoms with Crippen LogP contribution in [0.1, 0.15) is 20.7 Å². The molecule has 22 heavy (non-hydrogen) atoms. The van der Waals surface area contributed by atoms with Crippen LogP contribution < -0.4 is 0 Å². The van der Waals surface area contributed by atoms with E-state index in [9.17, 15) is 9.59 Å². The minimum Gasteiger partial charge on any atom is -0.343 e. The Morgan fingerprint density at radius 1 is 0.955 bits per heavy atom. The van der Waals surface area contributed by atoms with Gasteiger partial charge in [0.1, 0.15) is 0 Å². The zero-order valence-electron chi connectivity index (χ0n) is 12.0. The summed E-state index contributed by atoms with van der Waals surface area (Å²) in [5.41, 5.74) is 1.77. The van der Waals surface area contributed by atoms with Gasteiger partial charge in [-0.15, -0.1) is 6.58 Å². The van der Waals surface area contributed by atoms with E-state index in [0.717, 1.165) is 10.9 Å². The maximum atomic E-state index is 12.6. The van der Waals surface area contributed by atoms with Crippen molar-refractivity contribution in [2.75, 3.05) is 0 Å². The highest BCUT2D eigenvalue weighted by Gasteiger charge is 2.22. The molecular weight excluding hydrogens is 274 g/mol. The summed E-state index contributed by atoms with van der Waals surface area (Å²) in [6.45, 7) is 4.32. The van der Waals surface area contributed by atoms with Crippen LogP contribution in [-0.4, -0.2) is 16.1 Å². The molecule has 0 aliphatic heterocycles. The Labute approximate surface area is 128 Å². The van der Waals surface area contributed by atoms with Gasteiger partial charge < -0.3 is 4.57 Å². The van der Waals surface area contributed by atoms with E-state index in [-0.39, 0.29) is 0 Å². The molecule has 0 unspecified atom stereocenters. The molecule has 0 amide bonds. The third-order valence-electron chi connectivity index (χ3n) is 3.60. The van der Waals surface area contributed by atoms with Crippen molar-refractivity contribution in [1.82, 2.24) is 4.57 Å². The lowest BCUT2D eigenvalue weighted by Crippen LogP contribution is -2.14. The first-order chi connectivity index (χ1) is 10.7. The van der Waals surface area contributed by atoms with Gasteiger partial charge in [0.2, 0.25) is 11.6 Å². The van der Waals surface area contributed by atoms with Gasteiger partial charge in [0.05, 0.1) is 5.56 Å². The lowest BCUT2D eigenvalue weighted by Gasteiger charge is -1.99. The van der Waals surface area contributed by atoms with Gasteiger partial charge in [-0.05, 0) is 6.07 Å². The van der Waals surface area contributed by atoms with Crippen LogP contribution in [0, 0.1) is 0 Å². The fourth-order valence-electron chi connectivity index (χ4n) is 2.56. The molecule has 3 aromatic rings. The predicted molar refractivity (Wildman–Crippen MR) is 87.2 cm³/mol. The largest absolute Gasteiger partial charge is 0.343 e. The highest BCUT2D eigenvalue weighted by atomic mass is 16.2. The molecule has 0 atom stereocenters. The number of ketones is 2. The number of aromatic nitrogens is 1. The molecule has 0 fully saturated rings. The van der Waals surface area contributed by atoms with Gasteiger partial charge in [0.15, 0.2) is 0 Å². The van der Waals surface area contributed by atoms with Crippen molar-refractivity contribution in [3.8, 4) is 0 Å². The average molecular weight is 289 g/mol. The molecule has 0 radical (unpaired) electrons. The molecule has 0 bridgehead atoms. The first kappa shape index (κ1) is 14.0. The maximum Gasteiger partial charge on any atom is 0.235 e. The van der Waals surface area contributed by atoms with Crippen LogP contribution in [0.3, 0.4) is 0 Å². The first-order valence-corrected chi connectivity index (χ1v) is 7.05. The Bertz CT molecular complexity index is 860. The van der Waals surface area contributed by atoms with Gasteiger partial charge in [0, 0.05) is 29.2 Å². The third kappa shape index (κ3) is 2.37. The second-order valence-electron chi connectivity index (χ2n) is 5.03. The fourth-order valence-corrected chi connectivity index (χ4v) is 2.56. The van der Waals surface area contributed by atoms with Gasteiger partial charge in [-0.3, -0.25) is 9.59 Å². The molecule has 0 saturated carbocycles. The van der Waals surface area contributed by atoms with Crippen molar-refractivity contribution >= 4 is 22.5 Å². The second kappa shape index (κ2) is 5.82. The summed E-state index contributed by atoms with van der Waals surface area (Å²) in [6.07, 6.45) is 3.50. The van der Waals surface area contributed by atoms with Crippen molar-refractivity contribution in [3.63, 3.8) is 0 Å². The van der Waals surface area contributed by atoms with E-state index in [1.165, 1.54) is 0 Å². The van der Waals surface area contributed by atoms with Crippen LogP contribution in [-0.2, 0) is 6.54 Å². The van der Waals surface area contributed by atoms with E-state index in [1.807, 2.05) is 34.9 Å². The van der Waals surface area contributed by atoms with Gasteiger partial charge in [-0.25, -0.2) is 0 Å². The number of carbonyl (C=O) groups excluding carboxylic acids is 2. The number of fused-ring (bicyclic) bond motifs is 1. The van der Waals surface area contributed by atoms with Crippen LogP contribution in [0.2, 0.25) is 0 Å². The molecule has 0 aliphatic carbocycles. The van der Waals surface area contributed by atoms with Crippen LogP contribution in [0.4, 0.5) is 0 Å². The summed E-state index contributed by atoms with van der Waals surface area (Å²) in [5.74, 6) is -0.965. The van der Waals surface area contributed by atoms with Gasteiger partial charge in [-0.2, -0.15) is 0 Å². The van der Waals surface area contributed by atoms with E-state index in [0.29, 0.717) is 17.7 Å². The molecule has 0 saturated heterocycles. The molecule has 0 aliphatic rings. The van der Waals surface area contributed by atoms with Crippen molar-refractivity contribution < 1.29 is 9.59 Å². The van der Waals surface area contributed by atoms with Gasteiger partial charge in [-0.1, -0.05) is 54.6 Å². The van der Waals surface area contributed by atoms with E-state index in [4.69, 9.17) is 0 Å². The number of hydrogen-bond donors (Lipinski definition) is 0. The topological polar surface area (TPSA) is 39.1 Å². The van der Waals surface area contributed by atoms with Crippen molar-refractivity contribution in [2.45, 2.75) is 6.54 Å². The summed E-state index contributed by atoms with van der Waals surface area (Å²) in [4.78, 5) is 25.0. The molecule has 0 N–H and O–H groups in total. The third-order valence-corrected chi connectivity index (χ3v) is 3.60. The molecule has 0 spiro atoms. The molecule has 2 aromatic carbocycles. The Morgan fingerprint density at radius 3 is 2.36 bits per heavy atom. The predicted octanol–water partition coefficient (Wildman–Crippen LogP) is 3.89. The molecule has 1 aromatic heterocycles. The number of rotatable bonds is 5. The molecular formula is C19H15NO2. The number of carbonyl (C=O) groups is 2. The maximum absolute atomic E-state index is 12.6. The minimum absolute atomic E-state index is 0.410. The zero-order chi connectivity index (χ0) is 15.5. The van der Waals surface area contributed by atoms with Crippen molar-refractivity contribution in [3.05, 3.63) is 84.6 Å². The first-order valence-electron chi connectivity index (χ1n) is 7.05. The monoisotopic (exact) mass is 289 g/mol. The molecule has 1 heterocycles. The van der Waals surface area contributed by atoms with Crippen LogP contribution in [0.15, 0.2) is 73.4 Å². The van der Waals surface area contributed by atoms with Crippen molar-refractivity contribution in [1.29, 1.82) is 0 Å². The fraction of sp³-hybridized carbons (Fsp3) is 0.0526. The normalized spacial score (nSPS) is 10.5. The summed E-state index contributed by atoms with van der Waals surface area (Å²) in [6, 6.07) is 16.2. The Balaban J connectivity index is 2.08. The zero-order valence-corrected chi connectivity index (χ0v) is 12.0. The molecule has 3 heteroatoms. The minimum atomic E-state index is -0.484. The smallest absolute Gasteiger partial charge is 0.235 e. The highest BCUT2D eigenvalue weighted by molar-refractivity contribution is 6.50. The van der Waals surface area contributed by atoms with E-state index >= 15 is 0 Å². The summed E-state index contributed by atoms with van der Waals surface area (Å²) in [5, 5.41) is 0.790. The number of allylic oxidation sites excluding steroid dienone is 1. The van der Waals surface area contributed by atoms with Gasteiger partial charge in [0.25, 0.3) is 0 Å². The van der Waals surface area contributed by atoms with Crippen LogP contribution in [0.25, 0.3) is 10.9 Å². The molecule has 3 nitrogen and oxygen atoms in total. The quantitative estimate of drug-likeness (QED) is 0.406. The van der Waals surface area contributed by atoms with E-state index < -0.39 is 11.6 Å².